The summed E-state index contributed by atoms with van der Waals surface area (Å²) in [7, 11) is 1.55. The Hall–Kier alpha value is -3.16. The van der Waals surface area contributed by atoms with Gasteiger partial charge in [0, 0.05) is 17.3 Å². The number of amides is 3. The molecule has 1 heterocycles. The van der Waals surface area contributed by atoms with Crippen LogP contribution >= 0.6 is 23.4 Å². The third kappa shape index (κ3) is 5.32. The van der Waals surface area contributed by atoms with Crippen molar-refractivity contribution in [2.45, 2.75) is 24.9 Å². The molecule has 34 heavy (non-hydrogen) atoms. The van der Waals surface area contributed by atoms with Crippen molar-refractivity contribution in [2.75, 3.05) is 18.2 Å². The average Bonchev–Trinajstić information content (AvgIpc) is 3.29. The first-order valence-electron chi connectivity index (χ1n) is 10.9. The molecular formula is C26H26ClN3O3S. The first-order valence-corrected chi connectivity index (χ1v) is 12.3. The van der Waals surface area contributed by atoms with E-state index in [9.17, 15) is 9.59 Å². The molecule has 3 aromatic carbocycles. The quantitative estimate of drug-likeness (QED) is 0.465. The van der Waals surface area contributed by atoms with E-state index in [1.807, 2.05) is 61.5 Å². The van der Waals surface area contributed by atoms with Gasteiger partial charge in [0.2, 0.25) is 5.91 Å². The Bertz CT molecular complexity index is 1170. The summed E-state index contributed by atoms with van der Waals surface area (Å²) in [6, 6.07) is 21.6. The number of rotatable bonds is 6. The zero-order valence-corrected chi connectivity index (χ0v) is 20.5. The van der Waals surface area contributed by atoms with Crippen LogP contribution in [0, 0.1) is 6.92 Å². The van der Waals surface area contributed by atoms with E-state index in [4.69, 9.17) is 16.3 Å². The van der Waals surface area contributed by atoms with Crippen LogP contribution in [0.2, 0.25) is 5.02 Å². The minimum absolute atomic E-state index is 0.225. The van der Waals surface area contributed by atoms with Crippen molar-refractivity contribution in [3.05, 3.63) is 94.5 Å². The molecule has 0 aliphatic carbocycles. The molecule has 8 heteroatoms. The van der Waals surface area contributed by atoms with Gasteiger partial charge in [-0.05, 0) is 36.2 Å². The largest absolute Gasteiger partial charge is 0.495 e. The summed E-state index contributed by atoms with van der Waals surface area (Å²) in [4.78, 5) is 28.4. The molecule has 3 aromatic rings. The molecule has 1 fully saturated rings. The summed E-state index contributed by atoms with van der Waals surface area (Å²) < 4.78 is 5.38. The van der Waals surface area contributed by atoms with Crippen molar-refractivity contribution in [1.29, 1.82) is 0 Å². The first kappa shape index (κ1) is 24.0. The normalized spacial score (nSPS) is 17.3. The van der Waals surface area contributed by atoms with Crippen molar-refractivity contribution in [3.63, 3.8) is 0 Å². The van der Waals surface area contributed by atoms with Gasteiger partial charge in [-0.15, -0.1) is 11.8 Å². The summed E-state index contributed by atoms with van der Waals surface area (Å²) in [5, 5.41) is 6.17. The van der Waals surface area contributed by atoms with E-state index >= 15 is 0 Å². The minimum Gasteiger partial charge on any atom is -0.495 e. The smallest absolute Gasteiger partial charge is 0.323 e. The lowest BCUT2D eigenvalue weighted by atomic mass is 10.1. The Kier molecular flexibility index (Phi) is 7.65. The molecule has 2 unspecified atom stereocenters. The summed E-state index contributed by atoms with van der Waals surface area (Å²) in [5.41, 5.74) is 3.46. The van der Waals surface area contributed by atoms with E-state index in [0.717, 1.165) is 16.7 Å². The molecule has 0 radical (unpaired) electrons. The lowest BCUT2D eigenvalue weighted by Crippen LogP contribution is -2.49. The number of aryl methyl sites for hydroxylation is 1. The number of nitrogens with one attached hydrogen (secondary N) is 2. The highest BCUT2D eigenvalue weighted by atomic mass is 35.5. The molecule has 6 nitrogen and oxygen atoms in total. The van der Waals surface area contributed by atoms with Gasteiger partial charge in [0.05, 0.1) is 12.8 Å². The highest BCUT2D eigenvalue weighted by Gasteiger charge is 2.42. The Morgan fingerprint density at radius 1 is 1.06 bits per heavy atom. The molecular weight excluding hydrogens is 470 g/mol. The minimum atomic E-state index is -0.645. The van der Waals surface area contributed by atoms with Crippen LogP contribution in [0.4, 0.5) is 10.5 Å². The molecule has 3 amide bonds. The molecule has 1 saturated heterocycles. The Morgan fingerprint density at radius 3 is 2.50 bits per heavy atom. The number of para-hydroxylation sites is 2. The number of urea groups is 1. The van der Waals surface area contributed by atoms with Gasteiger partial charge in [-0.1, -0.05) is 71.8 Å². The molecule has 0 spiro atoms. The summed E-state index contributed by atoms with van der Waals surface area (Å²) in [5.74, 6) is 0.804. The highest BCUT2D eigenvalue weighted by Crippen LogP contribution is 2.42. The Balaban J connectivity index is 1.58. The van der Waals surface area contributed by atoms with Gasteiger partial charge in [0.15, 0.2) is 0 Å². The molecule has 4 rings (SSSR count). The van der Waals surface area contributed by atoms with Gasteiger partial charge in [0.1, 0.15) is 17.2 Å². The molecule has 0 saturated carbocycles. The summed E-state index contributed by atoms with van der Waals surface area (Å²) in [6.45, 7) is 2.31. The maximum absolute atomic E-state index is 13.5. The van der Waals surface area contributed by atoms with Gasteiger partial charge in [0.25, 0.3) is 0 Å². The van der Waals surface area contributed by atoms with Gasteiger partial charge >= 0.3 is 6.03 Å². The Labute approximate surface area is 208 Å². The number of thioether (sulfide) groups is 1. The average molecular weight is 496 g/mol. The van der Waals surface area contributed by atoms with Crippen LogP contribution in [-0.4, -0.2) is 35.7 Å². The van der Waals surface area contributed by atoms with Gasteiger partial charge in [-0.3, -0.25) is 9.69 Å². The standard InChI is InChI=1S/C26H26ClN3O3S/c1-17-11-13-18(14-12-17)25-30(26(32)29-21-9-5-6-10-23(21)33-2)22(16-34-25)24(31)28-15-19-7-3-4-8-20(19)27/h3-14,22,25H,15-16H2,1-2H3,(H,28,31)(H,29,32). The molecule has 1 aliphatic heterocycles. The van der Waals surface area contributed by atoms with Gasteiger partial charge in [-0.25, -0.2) is 4.79 Å². The maximum Gasteiger partial charge on any atom is 0.323 e. The SMILES string of the molecule is COc1ccccc1NC(=O)N1C(C(=O)NCc2ccccc2Cl)CSC1c1ccc(C)cc1. The fourth-order valence-electron chi connectivity index (χ4n) is 3.81. The first-order chi connectivity index (χ1) is 16.5. The molecule has 1 aliphatic rings. The second kappa shape index (κ2) is 10.8. The highest BCUT2D eigenvalue weighted by molar-refractivity contribution is 7.99. The molecule has 2 N–H and O–H groups in total. The second-order valence-electron chi connectivity index (χ2n) is 7.96. The van der Waals surface area contributed by atoms with Crippen molar-refractivity contribution in [1.82, 2.24) is 10.2 Å². The fourth-order valence-corrected chi connectivity index (χ4v) is 5.45. The number of carbonyl (C=O) groups is 2. The van der Waals surface area contributed by atoms with E-state index in [-0.39, 0.29) is 23.9 Å². The van der Waals surface area contributed by atoms with Crippen molar-refractivity contribution in [3.8, 4) is 5.75 Å². The topological polar surface area (TPSA) is 70.7 Å². The van der Waals surface area contributed by atoms with Crippen LogP contribution in [0.3, 0.4) is 0 Å². The van der Waals surface area contributed by atoms with Crippen LogP contribution in [0.1, 0.15) is 22.1 Å². The second-order valence-corrected chi connectivity index (χ2v) is 9.48. The third-order valence-corrected chi connectivity index (χ3v) is 7.35. The predicted molar refractivity (Wildman–Crippen MR) is 137 cm³/mol. The predicted octanol–water partition coefficient (Wildman–Crippen LogP) is 5.62. The monoisotopic (exact) mass is 495 g/mol. The number of halogens is 1. The summed E-state index contributed by atoms with van der Waals surface area (Å²) in [6.07, 6.45) is 0. The zero-order valence-electron chi connectivity index (χ0n) is 19.0. The number of hydrogen-bond donors (Lipinski definition) is 2. The van der Waals surface area contributed by atoms with Crippen molar-refractivity contribution >= 4 is 41.0 Å². The van der Waals surface area contributed by atoms with Crippen LogP contribution in [-0.2, 0) is 11.3 Å². The van der Waals surface area contributed by atoms with Crippen molar-refractivity contribution < 1.29 is 14.3 Å². The van der Waals surface area contributed by atoms with E-state index in [0.29, 0.717) is 22.2 Å². The molecule has 0 bridgehead atoms. The van der Waals surface area contributed by atoms with Crippen LogP contribution in [0.5, 0.6) is 5.75 Å². The molecule has 0 aromatic heterocycles. The van der Waals surface area contributed by atoms with Gasteiger partial charge < -0.3 is 15.4 Å². The number of methoxy groups -OCH3 is 1. The van der Waals surface area contributed by atoms with E-state index in [1.165, 1.54) is 0 Å². The van der Waals surface area contributed by atoms with E-state index in [2.05, 4.69) is 10.6 Å². The molecule has 2 atom stereocenters. The lowest BCUT2D eigenvalue weighted by molar-refractivity contribution is -0.124. The van der Waals surface area contributed by atoms with Crippen molar-refractivity contribution in [2.24, 2.45) is 0 Å². The van der Waals surface area contributed by atoms with E-state index in [1.54, 1.807) is 42.0 Å². The lowest BCUT2D eigenvalue weighted by Gasteiger charge is -2.29. The summed E-state index contributed by atoms with van der Waals surface area (Å²) >= 11 is 7.81. The van der Waals surface area contributed by atoms with Crippen LogP contribution < -0.4 is 15.4 Å². The third-order valence-electron chi connectivity index (χ3n) is 5.66. The fraction of sp³-hybridized carbons (Fsp3) is 0.231. The van der Waals surface area contributed by atoms with E-state index < -0.39 is 6.04 Å². The number of anilines is 1. The van der Waals surface area contributed by atoms with Gasteiger partial charge in [-0.2, -0.15) is 0 Å². The van der Waals surface area contributed by atoms with Crippen LogP contribution in [0.25, 0.3) is 0 Å². The number of nitrogens with zero attached hydrogens (tertiary/aromatic N) is 1. The number of hydrogen-bond acceptors (Lipinski definition) is 4. The number of carbonyl (C=O) groups excluding carboxylic acids is 2. The number of ether oxygens (including phenoxy) is 1. The van der Waals surface area contributed by atoms with Crippen LogP contribution in [0.15, 0.2) is 72.8 Å². The Morgan fingerprint density at radius 2 is 1.76 bits per heavy atom. The maximum atomic E-state index is 13.5. The molecule has 176 valence electrons. The number of benzene rings is 3. The zero-order chi connectivity index (χ0) is 24.1.